The molecule has 0 spiro atoms. The van der Waals surface area contributed by atoms with E-state index in [1.54, 1.807) is 27.7 Å². The molecule has 0 aliphatic carbocycles. The van der Waals surface area contributed by atoms with Gasteiger partial charge in [0, 0.05) is 35.5 Å². The van der Waals surface area contributed by atoms with Gasteiger partial charge in [-0.1, -0.05) is 429 Å². The summed E-state index contributed by atoms with van der Waals surface area (Å²) in [6.07, 6.45) is 0. The van der Waals surface area contributed by atoms with Crippen molar-refractivity contribution in [3.05, 3.63) is 307 Å². The van der Waals surface area contributed by atoms with Gasteiger partial charge < -0.3 is 29.7 Å². The average molecular weight is 1880 g/mol. The predicted molar refractivity (Wildman–Crippen MR) is 524 cm³/mol. The number of aliphatic hydroxyl groups is 5. The average Bonchev–Trinajstić information content (AvgIpc) is 0.728. The molecular weight excluding hydrogens is 1730 g/mol. The Kier molecular flexibility index (Phi) is 49.1. The quantitative estimate of drug-likeness (QED) is 0.0296. The number of benzene rings is 9. The first-order valence-electron chi connectivity index (χ1n) is 44.7. The van der Waals surface area contributed by atoms with Crippen molar-refractivity contribution in [2.24, 2.45) is 53.3 Å². The van der Waals surface area contributed by atoms with Crippen molar-refractivity contribution in [3.8, 4) is 5.75 Å². The maximum atomic E-state index is 12.6. The molecule has 23 heteroatoms. The van der Waals surface area contributed by atoms with E-state index in [1.165, 1.54) is 85.0 Å². The van der Waals surface area contributed by atoms with Crippen molar-refractivity contribution >= 4 is 32.2 Å². The van der Waals surface area contributed by atoms with E-state index in [0.29, 0.717) is 53.2 Å². The zero-order chi connectivity index (χ0) is 99.2. The minimum absolute atomic E-state index is 0.0554. The van der Waals surface area contributed by atoms with Crippen molar-refractivity contribution in [3.63, 3.8) is 0 Å². The minimum atomic E-state index is -9.96. The third kappa shape index (κ3) is 48.3. The van der Waals surface area contributed by atoms with E-state index in [9.17, 15) is 70.9 Å². The first-order chi connectivity index (χ1) is 59.2. The smallest absolute Gasteiger partial charge is 0.396 e. The summed E-state index contributed by atoms with van der Waals surface area (Å²) in [5, 5.41) is 45.9. The molecule has 0 aliphatic rings. The van der Waals surface area contributed by atoms with Gasteiger partial charge in [-0.2, -0.15) is 0 Å². The van der Waals surface area contributed by atoms with Crippen LogP contribution in [-0.4, -0.2) is 65.2 Å². The van der Waals surface area contributed by atoms with Crippen LogP contribution in [0.15, 0.2) is 223 Å². The first kappa shape index (κ1) is 120. The van der Waals surface area contributed by atoms with E-state index >= 15 is 0 Å². The highest BCUT2D eigenvalue weighted by atomic mass is 32.5. The molecule has 7 nitrogen and oxygen atoms in total. The van der Waals surface area contributed by atoms with Gasteiger partial charge >= 0.3 is 32.2 Å². The summed E-state index contributed by atoms with van der Waals surface area (Å²) in [5.41, 5.74) is 18.3. The SMILES string of the molecule is CC(C)C(CO)c1cccc(OS(F)(F)(F)(F)F)c1.CC(C)C(CO)c1cccc(S(F)(F)(F)(F)F)c1.Cc1ccc(C(C)C(C)C)cc1.Cc1ccc(C(C)C(C)C)cc1.Cc1ccc(C(C)C(C)C)cc1.Cc1ccc(C(CO)C(C)C)cc1.Cc1ccc(C(CO)C(C)C)cc1.Cc1ccc(C(CO)C(C)C)cc1.Cc1ccc(C(COS(F)(F)F)C(C)C)cc1. The Bertz CT molecular complexity index is 4280. The van der Waals surface area contributed by atoms with E-state index < -0.39 is 54.7 Å². The number of aryl methyl sites for hydroxylation is 7. The summed E-state index contributed by atoms with van der Waals surface area (Å²) in [5.74, 6) is 4.20. The fourth-order valence-electron chi connectivity index (χ4n) is 13.3. The van der Waals surface area contributed by atoms with E-state index in [4.69, 9.17) is 5.11 Å². The molecular formula is C106H155F13O7S3. The molecule has 9 unspecified atom stereocenters. The normalized spacial score (nSPS) is 14.9. The van der Waals surface area contributed by atoms with Crippen LogP contribution in [0.4, 0.5) is 50.5 Å². The molecule has 0 saturated carbocycles. The van der Waals surface area contributed by atoms with Gasteiger partial charge in [0.15, 0.2) is 0 Å². The summed E-state index contributed by atoms with van der Waals surface area (Å²) < 4.78 is 168. The number of rotatable bonds is 29. The van der Waals surface area contributed by atoms with Crippen molar-refractivity contribution < 1.29 is 84.4 Å². The molecule has 0 amide bonds. The lowest BCUT2D eigenvalue weighted by atomic mass is 9.89. The first-order valence-corrected chi connectivity index (χ1v) is 49.8. The minimum Gasteiger partial charge on any atom is -0.396 e. The second-order valence-electron chi connectivity index (χ2n) is 37.2. The number of halogens is 13. The zero-order valence-electron chi connectivity index (χ0n) is 81.6. The second kappa shape index (κ2) is 52.9. The number of hydrogen-bond donors (Lipinski definition) is 5. The Morgan fingerprint density at radius 2 is 0.450 bits per heavy atom. The lowest BCUT2D eigenvalue weighted by Crippen LogP contribution is -2.15. The maximum Gasteiger partial charge on any atom is 0.435 e. The summed E-state index contributed by atoms with van der Waals surface area (Å²) in [4.78, 5) is -1.91. The van der Waals surface area contributed by atoms with E-state index in [-0.39, 0.29) is 86.6 Å². The largest absolute Gasteiger partial charge is 0.435 e. The molecule has 5 N–H and O–H groups in total. The summed E-state index contributed by atoms with van der Waals surface area (Å²) in [6.45, 7) is 58.3. The van der Waals surface area contributed by atoms with Crippen LogP contribution in [0.5, 0.6) is 5.75 Å². The van der Waals surface area contributed by atoms with Gasteiger partial charge in [0.25, 0.3) is 0 Å². The highest BCUT2D eigenvalue weighted by Gasteiger charge is 2.67. The molecule has 0 bridgehead atoms. The van der Waals surface area contributed by atoms with E-state index in [2.05, 4.69) is 299 Å². The van der Waals surface area contributed by atoms with Crippen molar-refractivity contribution in [2.45, 2.75) is 252 Å². The van der Waals surface area contributed by atoms with Crippen LogP contribution in [0.3, 0.4) is 0 Å². The van der Waals surface area contributed by atoms with Gasteiger partial charge in [0.05, 0.1) is 39.6 Å². The second-order valence-corrected chi connectivity index (χ2v) is 42.6. The molecule has 0 aromatic heterocycles. The highest BCUT2D eigenvalue weighted by molar-refractivity contribution is 8.45. The van der Waals surface area contributed by atoms with Crippen LogP contribution >= 0.6 is 32.2 Å². The molecule has 0 fully saturated rings. The standard InChI is InChI=1S/C12H17F3OS.3C12H18O.3C12H18.C11H15F5O2S.C11H15F5OS/c1-9(2)12(8-16-17(13,14)15)11-6-4-10(3)5-7-11;3*1-9(2)12(8-13)11-6-4-10(3)5-7-11;3*1-9(2)11(4)12-7-5-10(3)6-8-12;1-8(2)11(7-17)9-4-3-5-10(6-9)18-19(12,13,14,15)16;1-8(2)11(7-17)9-4-3-5-10(6-9)18(12,13,14,15)16/h4-7,9,12H,8H2,1-3H3;3*4-7,9,12-13H,8H2,1-3H3;3*5-9,11H,1-4H3;3-6,8,11,17H,7H2,1-2H3;3-6,8,11,17H,7H2,1-2H3. The van der Waals surface area contributed by atoms with Gasteiger partial charge in [-0.3, -0.25) is 4.18 Å². The Balaban J connectivity index is 0.000000729. The summed E-state index contributed by atoms with van der Waals surface area (Å²) >= 11 is -5.37. The lowest BCUT2D eigenvalue weighted by Gasteiger charge is -2.41. The number of aliphatic hydroxyl groups excluding tert-OH is 5. The Morgan fingerprint density at radius 1 is 0.248 bits per heavy atom. The molecule has 9 aromatic carbocycles. The van der Waals surface area contributed by atoms with Gasteiger partial charge in [-0.25, -0.2) is 0 Å². The lowest BCUT2D eigenvalue weighted by molar-refractivity contribution is 0.235. The van der Waals surface area contributed by atoms with Gasteiger partial charge in [0.2, 0.25) is 0 Å². The van der Waals surface area contributed by atoms with Crippen LogP contribution in [0, 0.1) is 102 Å². The zero-order valence-corrected chi connectivity index (χ0v) is 84.1. The molecule has 9 aromatic rings. The molecule has 9 rings (SSSR count). The monoisotopic (exact) mass is 1880 g/mol. The highest BCUT2D eigenvalue weighted by Crippen LogP contribution is 3.02. The van der Waals surface area contributed by atoms with Crippen molar-refractivity contribution in [1.29, 1.82) is 0 Å². The van der Waals surface area contributed by atoms with Gasteiger partial charge in [-0.15, -0.1) is 0 Å². The van der Waals surface area contributed by atoms with E-state index in [0.717, 1.165) is 47.1 Å². The summed E-state index contributed by atoms with van der Waals surface area (Å²) in [7, 11) is -19.6. The summed E-state index contributed by atoms with van der Waals surface area (Å²) in [6, 6.07) is 66.7. The van der Waals surface area contributed by atoms with Gasteiger partial charge in [-0.05, 0) is 194 Å². The van der Waals surface area contributed by atoms with Crippen LogP contribution in [0.25, 0.3) is 0 Å². The molecule has 0 aliphatic heterocycles. The molecule has 9 atom stereocenters. The fraction of sp³-hybridized carbons (Fsp3) is 0.491. The van der Waals surface area contributed by atoms with Crippen molar-refractivity contribution in [1.82, 2.24) is 0 Å². The molecule has 129 heavy (non-hydrogen) atoms. The Hall–Kier alpha value is -7.32. The van der Waals surface area contributed by atoms with Crippen LogP contribution in [0.2, 0.25) is 0 Å². The Labute approximate surface area is 770 Å². The van der Waals surface area contributed by atoms with Crippen LogP contribution in [-0.2, 0) is 4.18 Å². The number of hydrogen-bond acceptors (Lipinski definition) is 7. The van der Waals surface area contributed by atoms with Crippen LogP contribution in [0.1, 0.15) is 288 Å². The third-order valence-corrected chi connectivity index (χ3v) is 25.4. The Morgan fingerprint density at radius 3 is 0.643 bits per heavy atom. The van der Waals surface area contributed by atoms with Gasteiger partial charge in [0.1, 0.15) is 10.6 Å². The third-order valence-electron chi connectivity index (χ3n) is 23.3. The topological polar surface area (TPSA) is 120 Å². The van der Waals surface area contributed by atoms with E-state index in [1.807, 2.05) is 45.0 Å². The fourth-order valence-corrected chi connectivity index (χ4v) is 14.8. The molecule has 0 radical (unpaired) electrons. The molecule has 730 valence electrons. The van der Waals surface area contributed by atoms with Crippen molar-refractivity contribution in [2.75, 3.05) is 39.6 Å². The predicted octanol–water partition coefficient (Wildman–Crippen LogP) is 34.7. The maximum absolute atomic E-state index is 12.6. The van der Waals surface area contributed by atoms with Crippen LogP contribution < -0.4 is 4.18 Å². The molecule has 0 saturated heterocycles. The molecule has 0 heterocycles.